The van der Waals surface area contributed by atoms with Gasteiger partial charge in [-0.1, -0.05) is 26.7 Å². The van der Waals surface area contributed by atoms with Crippen molar-refractivity contribution < 1.29 is 9.90 Å². The summed E-state index contributed by atoms with van der Waals surface area (Å²) in [5.41, 5.74) is 1.16. The number of pyridine rings is 1. The third-order valence-corrected chi connectivity index (χ3v) is 3.33. The summed E-state index contributed by atoms with van der Waals surface area (Å²) in [4.78, 5) is 15.4. The van der Waals surface area contributed by atoms with Crippen LogP contribution in [-0.4, -0.2) is 35.7 Å². The van der Waals surface area contributed by atoms with Crippen LogP contribution in [-0.2, 0) is 0 Å². The van der Waals surface area contributed by atoms with Crippen molar-refractivity contribution in [2.45, 2.75) is 32.8 Å². The summed E-state index contributed by atoms with van der Waals surface area (Å²) in [6, 6.07) is 3.46. The van der Waals surface area contributed by atoms with E-state index in [9.17, 15) is 9.90 Å². The molecule has 1 aromatic heterocycles. The summed E-state index contributed by atoms with van der Waals surface area (Å²) in [6.07, 6.45) is 3.11. The van der Waals surface area contributed by atoms with Crippen LogP contribution in [0, 0.1) is 5.92 Å². The standard InChI is InChI=1S/C14H23N3O2/c1-4-10(5-2)13(18)9-17-11-6-7-16-12(8-11)14(19)15-3/h6-8,10,13,18H,4-5,9H2,1-3H3,(H,15,19)(H,16,17). The van der Waals surface area contributed by atoms with Gasteiger partial charge in [0.1, 0.15) is 5.69 Å². The first-order valence-corrected chi connectivity index (χ1v) is 6.72. The summed E-state index contributed by atoms with van der Waals surface area (Å²) < 4.78 is 0. The molecule has 106 valence electrons. The monoisotopic (exact) mass is 265 g/mol. The molecule has 0 bridgehead atoms. The minimum atomic E-state index is -0.383. The van der Waals surface area contributed by atoms with Gasteiger partial charge < -0.3 is 15.7 Å². The van der Waals surface area contributed by atoms with Crippen molar-refractivity contribution in [3.63, 3.8) is 0 Å². The normalized spacial score (nSPS) is 12.3. The Balaban J connectivity index is 2.60. The van der Waals surface area contributed by atoms with Gasteiger partial charge in [0.05, 0.1) is 6.10 Å². The predicted molar refractivity (Wildman–Crippen MR) is 76.2 cm³/mol. The number of hydrogen-bond acceptors (Lipinski definition) is 4. The molecule has 0 fully saturated rings. The van der Waals surface area contributed by atoms with Gasteiger partial charge in [-0.2, -0.15) is 0 Å². The van der Waals surface area contributed by atoms with E-state index < -0.39 is 0 Å². The zero-order valence-corrected chi connectivity index (χ0v) is 11.8. The molecule has 1 aromatic rings. The second kappa shape index (κ2) is 7.74. The van der Waals surface area contributed by atoms with Crippen LogP contribution in [0.3, 0.4) is 0 Å². The first-order valence-electron chi connectivity index (χ1n) is 6.72. The lowest BCUT2D eigenvalue weighted by molar-refractivity contribution is 0.0958. The quantitative estimate of drug-likeness (QED) is 0.701. The topological polar surface area (TPSA) is 74.2 Å². The van der Waals surface area contributed by atoms with E-state index in [1.165, 1.54) is 0 Å². The van der Waals surface area contributed by atoms with Crippen molar-refractivity contribution in [1.82, 2.24) is 10.3 Å². The van der Waals surface area contributed by atoms with E-state index in [1.807, 2.05) is 0 Å². The number of rotatable bonds is 7. The number of carbonyl (C=O) groups is 1. The van der Waals surface area contributed by atoms with Crippen molar-refractivity contribution in [3.05, 3.63) is 24.0 Å². The highest BCUT2D eigenvalue weighted by Gasteiger charge is 2.15. The van der Waals surface area contributed by atoms with Crippen LogP contribution in [0.1, 0.15) is 37.2 Å². The Bertz CT molecular complexity index is 405. The molecule has 1 unspecified atom stereocenters. The fraction of sp³-hybridized carbons (Fsp3) is 0.571. The molecule has 0 spiro atoms. The maximum absolute atomic E-state index is 11.5. The van der Waals surface area contributed by atoms with Crippen molar-refractivity contribution in [3.8, 4) is 0 Å². The van der Waals surface area contributed by atoms with Crippen molar-refractivity contribution >= 4 is 11.6 Å². The van der Waals surface area contributed by atoms with Gasteiger partial charge in [0, 0.05) is 25.5 Å². The molecule has 1 heterocycles. The highest BCUT2D eigenvalue weighted by molar-refractivity contribution is 5.92. The number of aromatic nitrogens is 1. The van der Waals surface area contributed by atoms with Gasteiger partial charge in [0.15, 0.2) is 0 Å². The summed E-state index contributed by atoms with van der Waals surface area (Å²) in [7, 11) is 1.57. The average Bonchev–Trinajstić information content (AvgIpc) is 2.45. The van der Waals surface area contributed by atoms with Crippen LogP contribution in [0.5, 0.6) is 0 Å². The van der Waals surface area contributed by atoms with E-state index in [0.29, 0.717) is 18.2 Å². The van der Waals surface area contributed by atoms with Gasteiger partial charge in [-0.3, -0.25) is 9.78 Å². The average molecular weight is 265 g/mol. The van der Waals surface area contributed by atoms with E-state index >= 15 is 0 Å². The third-order valence-electron chi connectivity index (χ3n) is 3.33. The molecule has 1 atom stereocenters. The molecule has 0 saturated carbocycles. The van der Waals surface area contributed by atoms with Gasteiger partial charge in [0.2, 0.25) is 0 Å². The number of anilines is 1. The molecule has 1 amide bonds. The molecule has 19 heavy (non-hydrogen) atoms. The van der Waals surface area contributed by atoms with E-state index in [1.54, 1.807) is 25.4 Å². The predicted octanol–water partition coefficient (Wildman–Crippen LogP) is 1.65. The van der Waals surface area contributed by atoms with Crippen LogP contribution in [0.4, 0.5) is 5.69 Å². The molecule has 0 aromatic carbocycles. The molecule has 3 N–H and O–H groups in total. The molecule has 5 nitrogen and oxygen atoms in total. The zero-order chi connectivity index (χ0) is 14.3. The number of aliphatic hydroxyl groups excluding tert-OH is 1. The number of hydrogen-bond donors (Lipinski definition) is 3. The lowest BCUT2D eigenvalue weighted by Crippen LogP contribution is -2.27. The van der Waals surface area contributed by atoms with Crippen LogP contribution < -0.4 is 10.6 Å². The number of nitrogens with zero attached hydrogens (tertiary/aromatic N) is 1. The highest BCUT2D eigenvalue weighted by atomic mass is 16.3. The maximum Gasteiger partial charge on any atom is 0.269 e. The summed E-state index contributed by atoms with van der Waals surface area (Å²) in [5, 5.41) is 15.7. The molecular formula is C14H23N3O2. The Morgan fingerprint density at radius 3 is 2.68 bits per heavy atom. The minimum Gasteiger partial charge on any atom is -0.391 e. The lowest BCUT2D eigenvalue weighted by atomic mass is 9.96. The van der Waals surface area contributed by atoms with Crippen molar-refractivity contribution in [2.24, 2.45) is 5.92 Å². The van der Waals surface area contributed by atoms with E-state index in [4.69, 9.17) is 0 Å². The molecule has 0 saturated heterocycles. The second-order valence-electron chi connectivity index (χ2n) is 4.53. The largest absolute Gasteiger partial charge is 0.391 e. The maximum atomic E-state index is 11.5. The molecule has 0 aliphatic heterocycles. The number of carbonyl (C=O) groups excluding carboxylic acids is 1. The number of aliphatic hydroxyl groups is 1. The molecule has 0 aliphatic carbocycles. The van der Waals surface area contributed by atoms with Gasteiger partial charge >= 0.3 is 0 Å². The van der Waals surface area contributed by atoms with E-state index in [2.05, 4.69) is 29.5 Å². The summed E-state index contributed by atoms with van der Waals surface area (Å²) in [5.74, 6) is 0.0805. The van der Waals surface area contributed by atoms with Crippen molar-refractivity contribution in [1.29, 1.82) is 0 Å². The zero-order valence-electron chi connectivity index (χ0n) is 11.8. The van der Waals surface area contributed by atoms with E-state index in [0.717, 1.165) is 18.5 Å². The second-order valence-corrected chi connectivity index (χ2v) is 4.53. The van der Waals surface area contributed by atoms with Gasteiger partial charge in [-0.25, -0.2) is 0 Å². The Morgan fingerprint density at radius 1 is 1.42 bits per heavy atom. The van der Waals surface area contributed by atoms with Gasteiger partial charge in [0.25, 0.3) is 5.91 Å². The Morgan fingerprint density at radius 2 is 2.11 bits per heavy atom. The summed E-state index contributed by atoms with van der Waals surface area (Å²) >= 11 is 0. The smallest absolute Gasteiger partial charge is 0.269 e. The fourth-order valence-electron chi connectivity index (χ4n) is 2.01. The van der Waals surface area contributed by atoms with Crippen molar-refractivity contribution in [2.75, 3.05) is 18.9 Å². The molecule has 1 rings (SSSR count). The van der Waals surface area contributed by atoms with E-state index in [-0.39, 0.29) is 12.0 Å². The summed E-state index contributed by atoms with van der Waals surface area (Å²) in [6.45, 7) is 4.63. The Hall–Kier alpha value is -1.62. The third kappa shape index (κ3) is 4.52. The first kappa shape index (κ1) is 15.4. The van der Waals surface area contributed by atoms with Crippen LogP contribution in [0.25, 0.3) is 0 Å². The minimum absolute atomic E-state index is 0.218. The number of amides is 1. The van der Waals surface area contributed by atoms with Gasteiger partial charge in [-0.15, -0.1) is 0 Å². The van der Waals surface area contributed by atoms with Gasteiger partial charge in [-0.05, 0) is 18.1 Å². The first-order chi connectivity index (χ1) is 9.12. The molecule has 0 radical (unpaired) electrons. The van der Waals surface area contributed by atoms with Crippen LogP contribution >= 0.6 is 0 Å². The molecular weight excluding hydrogens is 242 g/mol. The highest BCUT2D eigenvalue weighted by Crippen LogP contribution is 2.14. The van der Waals surface area contributed by atoms with Crippen LogP contribution in [0.15, 0.2) is 18.3 Å². The Labute approximate surface area is 114 Å². The SMILES string of the molecule is CCC(CC)C(O)CNc1ccnc(C(=O)NC)c1. The van der Waals surface area contributed by atoms with Crippen LogP contribution in [0.2, 0.25) is 0 Å². The fourth-order valence-corrected chi connectivity index (χ4v) is 2.01. The molecule has 0 aliphatic rings. The molecule has 5 heteroatoms. The number of nitrogens with one attached hydrogen (secondary N) is 2. The Kier molecular flexibility index (Phi) is 6.29. The lowest BCUT2D eigenvalue weighted by Gasteiger charge is -2.20.